The minimum absolute atomic E-state index is 0.692. The van der Waals surface area contributed by atoms with Gasteiger partial charge in [0.1, 0.15) is 5.75 Å². The van der Waals surface area contributed by atoms with Crippen molar-refractivity contribution >= 4 is 21.8 Å². The van der Waals surface area contributed by atoms with Crippen LogP contribution < -0.4 is 4.74 Å². The second-order valence-electron chi connectivity index (χ2n) is 6.91. The highest BCUT2D eigenvalue weighted by molar-refractivity contribution is 5.79. The summed E-state index contributed by atoms with van der Waals surface area (Å²) >= 11 is 0. The molecule has 0 aliphatic heterocycles. The number of nitrogens with zero attached hydrogens (tertiary/aromatic N) is 4. The average Bonchev–Trinajstić information content (AvgIpc) is 3.33. The first-order valence-electron chi connectivity index (χ1n) is 9.28. The van der Waals surface area contributed by atoms with Crippen molar-refractivity contribution < 1.29 is 4.74 Å². The van der Waals surface area contributed by atoms with Gasteiger partial charge in [-0.3, -0.25) is 9.36 Å². The molecular weight excluding hydrogens is 348 g/mol. The van der Waals surface area contributed by atoms with Gasteiger partial charge in [0.15, 0.2) is 0 Å². The molecule has 0 bridgehead atoms. The van der Waals surface area contributed by atoms with Crippen LogP contribution in [0.2, 0.25) is 0 Å². The number of methoxy groups -OCH3 is 1. The number of fused-ring (bicyclic) bond motifs is 2. The zero-order valence-corrected chi connectivity index (χ0v) is 15.6. The average molecular weight is 368 g/mol. The van der Waals surface area contributed by atoms with Crippen molar-refractivity contribution in [1.29, 1.82) is 0 Å². The Morgan fingerprint density at radius 2 is 1.21 bits per heavy atom. The lowest BCUT2D eigenvalue weighted by molar-refractivity contribution is 0.413. The first kappa shape index (κ1) is 16.6. The molecule has 5 rings (SSSR count). The molecule has 0 fully saturated rings. The van der Waals surface area contributed by atoms with Crippen molar-refractivity contribution in [3.8, 4) is 5.75 Å². The van der Waals surface area contributed by atoms with E-state index in [4.69, 9.17) is 4.74 Å². The minimum Gasteiger partial charge on any atom is -0.497 e. The molecule has 0 aliphatic rings. The van der Waals surface area contributed by atoms with Gasteiger partial charge in [-0.1, -0.05) is 42.5 Å². The maximum atomic E-state index is 5.55. The topological polar surface area (TPSA) is 44.9 Å². The van der Waals surface area contributed by atoms with E-state index in [2.05, 4.69) is 52.7 Å². The van der Waals surface area contributed by atoms with E-state index in [9.17, 15) is 0 Å². The highest BCUT2D eigenvalue weighted by Gasteiger charge is 2.08. The van der Waals surface area contributed by atoms with Gasteiger partial charge in [0.2, 0.25) is 0 Å². The highest BCUT2D eigenvalue weighted by atomic mass is 16.5. The summed E-state index contributed by atoms with van der Waals surface area (Å²) in [6, 6.07) is 22.9. The van der Waals surface area contributed by atoms with Gasteiger partial charge in [-0.05, 0) is 35.4 Å². The highest BCUT2D eigenvalue weighted by Crippen LogP contribution is 2.22. The van der Waals surface area contributed by atoms with Crippen molar-refractivity contribution in [2.24, 2.45) is 0 Å². The molecular formula is C23H20N4O. The number of hydrogen-bond donors (Lipinski definition) is 0. The second-order valence-corrected chi connectivity index (χ2v) is 6.91. The van der Waals surface area contributed by atoms with Gasteiger partial charge in [0.05, 0.1) is 43.6 Å². The Morgan fingerprint density at radius 1 is 0.714 bits per heavy atom. The van der Waals surface area contributed by atoms with Crippen molar-refractivity contribution in [2.45, 2.75) is 13.1 Å². The van der Waals surface area contributed by atoms with Crippen LogP contribution in [0.4, 0.5) is 0 Å². The molecule has 5 aromatic rings. The molecule has 0 N–H and O–H groups in total. The second kappa shape index (κ2) is 6.85. The molecule has 0 saturated heterocycles. The molecule has 0 spiro atoms. The van der Waals surface area contributed by atoms with Gasteiger partial charge in [-0.25, -0.2) is 0 Å². The van der Waals surface area contributed by atoms with Crippen LogP contribution in [-0.2, 0) is 13.1 Å². The van der Waals surface area contributed by atoms with E-state index in [1.54, 1.807) is 7.11 Å². The zero-order valence-electron chi connectivity index (χ0n) is 15.6. The summed E-state index contributed by atoms with van der Waals surface area (Å²) in [7, 11) is 1.70. The van der Waals surface area contributed by atoms with Crippen molar-refractivity contribution in [3.05, 3.63) is 90.3 Å². The van der Waals surface area contributed by atoms with Crippen molar-refractivity contribution in [2.75, 3.05) is 7.11 Å². The van der Waals surface area contributed by atoms with Gasteiger partial charge in [0, 0.05) is 10.8 Å². The Balaban J connectivity index is 1.49. The third-order valence-electron chi connectivity index (χ3n) is 5.03. The number of ether oxygens (including phenoxy) is 1. The Kier molecular flexibility index (Phi) is 4.05. The Morgan fingerprint density at radius 3 is 1.71 bits per heavy atom. The summed E-state index contributed by atoms with van der Waals surface area (Å²) in [5.74, 6) is 0.848. The number of rotatable bonds is 5. The van der Waals surface area contributed by atoms with Gasteiger partial charge in [0.25, 0.3) is 0 Å². The quantitative estimate of drug-likeness (QED) is 0.459. The molecule has 0 saturated carbocycles. The molecule has 0 unspecified atom stereocenters. The van der Waals surface area contributed by atoms with E-state index in [-0.39, 0.29) is 0 Å². The maximum Gasteiger partial charge on any atom is 0.119 e. The lowest BCUT2D eigenvalue weighted by Crippen LogP contribution is -2.05. The van der Waals surface area contributed by atoms with Crippen LogP contribution >= 0.6 is 0 Å². The fourth-order valence-electron chi connectivity index (χ4n) is 3.68. The molecule has 138 valence electrons. The van der Waals surface area contributed by atoms with Crippen LogP contribution in [0.1, 0.15) is 11.1 Å². The predicted octanol–water partition coefficient (Wildman–Crippen LogP) is 4.49. The molecule has 2 aromatic heterocycles. The number of para-hydroxylation sites is 2. The third kappa shape index (κ3) is 3.01. The van der Waals surface area contributed by atoms with Crippen LogP contribution in [0.15, 0.2) is 79.1 Å². The van der Waals surface area contributed by atoms with Gasteiger partial charge >= 0.3 is 0 Å². The first-order chi connectivity index (χ1) is 13.8. The van der Waals surface area contributed by atoms with E-state index in [1.807, 2.05) is 46.0 Å². The van der Waals surface area contributed by atoms with E-state index in [1.165, 1.54) is 0 Å². The van der Waals surface area contributed by atoms with Crippen LogP contribution in [0.5, 0.6) is 5.75 Å². The predicted molar refractivity (Wildman–Crippen MR) is 111 cm³/mol. The van der Waals surface area contributed by atoms with E-state index in [0.717, 1.165) is 38.7 Å². The van der Waals surface area contributed by atoms with Crippen LogP contribution in [0.25, 0.3) is 21.8 Å². The van der Waals surface area contributed by atoms with Crippen molar-refractivity contribution in [1.82, 2.24) is 19.6 Å². The van der Waals surface area contributed by atoms with E-state index >= 15 is 0 Å². The molecule has 5 nitrogen and oxygen atoms in total. The molecule has 0 radical (unpaired) electrons. The minimum atomic E-state index is 0.692. The third-order valence-corrected chi connectivity index (χ3v) is 5.03. The number of aromatic nitrogens is 4. The zero-order chi connectivity index (χ0) is 18.9. The maximum absolute atomic E-state index is 5.55. The fraction of sp³-hybridized carbons (Fsp3) is 0.130. The summed E-state index contributed by atoms with van der Waals surface area (Å²) < 4.78 is 9.60. The summed E-state index contributed by atoms with van der Waals surface area (Å²) in [6.45, 7) is 1.38. The molecule has 0 aliphatic carbocycles. The van der Waals surface area contributed by atoms with Crippen molar-refractivity contribution in [3.63, 3.8) is 0 Å². The molecule has 0 atom stereocenters. The SMILES string of the molecule is COc1cc(Cn2ncc3ccccc32)cc(Cn2ncc3ccccc32)c1. The van der Waals surface area contributed by atoms with E-state index in [0.29, 0.717) is 13.1 Å². The largest absolute Gasteiger partial charge is 0.497 e. The normalized spacial score (nSPS) is 11.3. The standard InChI is InChI=1S/C23H20N4O/c1-28-21-11-17(15-26-22-8-4-2-6-19(22)13-24-26)10-18(12-21)16-27-23-9-5-3-7-20(23)14-25-27/h2-14H,15-16H2,1H3. The number of benzene rings is 3. The summed E-state index contributed by atoms with van der Waals surface area (Å²) in [6.07, 6.45) is 3.82. The van der Waals surface area contributed by atoms with Gasteiger partial charge in [-0.2, -0.15) is 10.2 Å². The van der Waals surface area contributed by atoms with Gasteiger partial charge < -0.3 is 4.74 Å². The van der Waals surface area contributed by atoms with Crippen LogP contribution in [0, 0.1) is 0 Å². The van der Waals surface area contributed by atoms with Crippen LogP contribution in [-0.4, -0.2) is 26.7 Å². The molecule has 28 heavy (non-hydrogen) atoms. The monoisotopic (exact) mass is 368 g/mol. The fourth-order valence-corrected chi connectivity index (χ4v) is 3.68. The smallest absolute Gasteiger partial charge is 0.119 e. The summed E-state index contributed by atoms with van der Waals surface area (Å²) in [5.41, 5.74) is 4.56. The van der Waals surface area contributed by atoms with Gasteiger partial charge in [-0.15, -0.1) is 0 Å². The van der Waals surface area contributed by atoms with Crippen LogP contribution in [0.3, 0.4) is 0 Å². The Hall–Kier alpha value is -3.60. The summed E-state index contributed by atoms with van der Waals surface area (Å²) in [5, 5.41) is 11.4. The molecule has 2 heterocycles. The number of hydrogen-bond acceptors (Lipinski definition) is 3. The Bertz CT molecular complexity index is 1170. The first-order valence-corrected chi connectivity index (χ1v) is 9.28. The molecule has 5 heteroatoms. The lowest BCUT2D eigenvalue weighted by Gasteiger charge is -2.11. The summed E-state index contributed by atoms with van der Waals surface area (Å²) in [4.78, 5) is 0. The molecule has 3 aromatic carbocycles. The Labute approximate surface area is 162 Å². The lowest BCUT2D eigenvalue weighted by atomic mass is 10.1. The molecule has 0 amide bonds. The van der Waals surface area contributed by atoms with E-state index < -0.39 is 0 Å².